The molecule has 0 radical (unpaired) electrons. The van der Waals surface area contributed by atoms with E-state index in [4.69, 9.17) is 25.8 Å². The predicted molar refractivity (Wildman–Crippen MR) is 134 cm³/mol. The summed E-state index contributed by atoms with van der Waals surface area (Å²) in [5, 5.41) is 4.72. The summed E-state index contributed by atoms with van der Waals surface area (Å²) in [6.07, 6.45) is 3.15. The third-order valence-electron chi connectivity index (χ3n) is 4.47. The Labute approximate surface area is 205 Å². The molecule has 3 rings (SSSR count). The normalized spacial score (nSPS) is 10.6. The first-order chi connectivity index (χ1) is 16.0. The number of nitrogens with zero attached hydrogens (tertiary/aromatic N) is 1. The Hall–Kier alpha value is -3.29. The minimum absolute atomic E-state index is 0.300. The van der Waals surface area contributed by atoms with Crippen LogP contribution in [0.4, 0.5) is 0 Å². The SMILES string of the molecule is C=CCOc1ccc(C(=O)N/N=C/c2cc(Br)ccc2OCc2ccccc2Cl)cc1OC. The number of methoxy groups -OCH3 is 1. The van der Waals surface area contributed by atoms with Crippen LogP contribution in [0.25, 0.3) is 0 Å². The maximum atomic E-state index is 12.5. The van der Waals surface area contributed by atoms with Crippen molar-refractivity contribution >= 4 is 39.7 Å². The van der Waals surface area contributed by atoms with E-state index in [2.05, 4.69) is 33.0 Å². The summed E-state index contributed by atoms with van der Waals surface area (Å²) in [6.45, 7) is 4.25. The van der Waals surface area contributed by atoms with Gasteiger partial charge in [0.25, 0.3) is 5.91 Å². The topological polar surface area (TPSA) is 69.2 Å². The van der Waals surface area contributed by atoms with Gasteiger partial charge in [-0.3, -0.25) is 4.79 Å². The summed E-state index contributed by atoms with van der Waals surface area (Å²) in [5.41, 5.74) is 4.44. The Morgan fingerprint density at radius 1 is 1.09 bits per heavy atom. The molecule has 0 aliphatic carbocycles. The Kier molecular flexibility index (Phi) is 8.92. The van der Waals surface area contributed by atoms with Crippen molar-refractivity contribution in [3.8, 4) is 17.2 Å². The Morgan fingerprint density at radius 2 is 1.88 bits per heavy atom. The monoisotopic (exact) mass is 528 g/mol. The van der Waals surface area contributed by atoms with Crippen molar-refractivity contribution in [2.75, 3.05) is 13.7 Å². The number of ether oxygens (including phenoxy) is 3. The van der Waals surface area contributed by atoms with Crippen LogP contribution in [-0.4, -0.2) is 25.8 Å². The quantitative estimate of drug-likeness (QED) is 0.198. The zero-order chi connectivity index (χ0) is 23.6. The molecule has 0 heterocycles. The van der Waals surface area contributed by atoms with Gasteiger partial charge in [-0.1, -0.05) is 58.4 Å². The second-order valence-electron chi connectivity index (χ2n) is 6.73. The van der Waals surface area contributed by atoms with E-state index in [9.17, 15) is 4.79 Å². The Balaban J connectivity index is 1.69. The molecule has 0 spiro atoms. The lowest BCUT2D eigenvalue weighted by Gasteiger charge is -2.11. The first kappa shape index (κ1) is 24.4. The second kappa shape index (κ2) is 12.1. The third kappa shape index (κ3) is 6.84. The van der Waals surface area contributed by atoms with Crippen LogP contribution in [-0.2, 0) is 6.61 Å². The molecule has 0 bridgehead atoms. The molecular weight excluding hydrogens is 508 g/mol. The van der Waals surface area contributed by atoms with Gasteiger partial charge in [0.15, 0.2) is 11.5 Å². The molecule has 0 aliphatic heterocycles. The average Bonchev–Trinajstić information content (AvgIpc) is 2.83. The lowest BCUT2D eigenvalue weighted by Crippen LogP contribution is -2.17. The summed E-state index contributed by atoms with van der Waals surface area (Å²) in [6, 6.07) is 17.9. The smallest absolute Gasteiger partial charge is 0.271 e. The van der Waals surface area contributed by atoms with Gasteiger partial charge in [0.2, 0.25) is 0 Å². The molecule has 1 amide bonds. The number of hydrazone groups is 1. The van der Waals surface area contributed by atoms with Gasteiger partial charge in [0, 0.05) is 26.2 Å². The van der Waals surface area contributed by atoms with E-state index >= 15 is 0 Å². The van der Waals surface area contributed by atoms with Crippen molar-refractivity contribution in [2.24, 2.45) is 5.10 Å². The van der Waals surface area contributed by atoms with Gasteiger partial charge < -0.3 is 14.2 Å². The van der Waals surface area contributed by atoms with Crippen LogP contribution in [0.3, 0.4) is 0 Å². The van der Waals surface area contributed by atoms with E-state index in [0.717, 1.165) is 10.0 Å². The maximum absolute atomic E-state index is 12.5. The molecule has 0 unspecified atom stereocenters. The van der Waals surface area contributed by atoms with Gasteiger partial charge in [-0.05, 0) is 42.5 Å². The predicted octanol–water partition coefficient (Wildman–Crippen LogP) is 6.02. The fourth-order valence-electron chi connectivity index (χ4n) is 2.82. The van der Waals surface area contributed by atoms with Gasteiger partial charge >= 0.3 is 0 Å². The zero-order valence-corrected chi connectivity index (χ0v) is 20.2. The van der Waals surface area contributed by atoms with Crippen LogP contribution in [0, 0.1) is 0 Å². The molecular formula is C25H22BrClN2O4. The third-order valence-corrected chi connectivity index (χ3v) is 5.33. The van der Waals surface area contributed by atoms with E-state index in [0.29, 0.717) is 46.6 Å². The lowest BCUT2D eigenvalue weighted by atomic mass is 10.2. The van der Waals surface area contributed by atoms with Gasteiger partial charge in [-0.15, -0.1) is 0 Å². The average molecular weight is 530 g/mol. The fraction of sp³-hybridized carbons (Fsp3) is 0.120. The summed E-state index contributed by atoms with van der Waals surface area (Å²) in [5.74, 6) is 1.16. The van der Waals surface area contributed by atoms with Crippen LogP contribution in [0.2, 0.25) is 5.02 Å². The number of carbonyl (C=O) groups excluding carboxylic acids is 1. The van der Waals surface area contributed by atoms with Crippen LogP contribution >= 0.6 is 27.5 Å². The summed E-state index contributed by atoms with van der Waals surface area (Å²) >= 11 is 9.65. The molecule has 170 valence electrons. The van der Waals surface area contributed by atoms with Crippen molar-refractivity contribution in [1.82, 2.24) is 5.43 Å². The van der Waals surface area contributed by atoms with Crippen LogP contribution in [0.5, 0.6) is 17.2 Å². The number of carbonyl (C=O) groups is 1. The van der Waals surface area contributed by atoms with Crippen molar-refractivity contribution in [3.05, 3.63) is 99.5 Å². The molecule has 0 aliphatic rings. The molecule has 0 aromatic heterocycles. The number of nitrogens with one attached hydrogen (secondary N) is 1. The number of hydrogen-bond donors (Lipinski definition) is 1. The summed E-state index contributed by atoms with van der Waals surface area (Å²) in [7, 11) is 1.51. The van der Waals surface area contributed by atoms with E-state index in [1.54, 1.807) is 24.3 Å². The first-order valence-corrected chi connectivity index (χ1v) is 11.1. The van der Waals surface area contributed by atoms with Gasteiger partial charge in [-0.25, -0.2) is 5.43 Å². The highest BCUT2D eigenvalue weighted by atomic mass is 79.9. The second-order valence-corrected chi connectivity index (χ2v) is 8.05. The van der Waals surface area contributed by atoms with Crippen LogP contribution < -0.4 is 19.6 Å². The zero-order valence-electron chi connectivity index (χ0n) is 17.9. The van der Waals surface area contributed by atoms with Crippen molar-refractivity contribution in [1.29, 1.82) is 0 Å². The number of halogens is 2. The summed E-state index contributed by atoms with van der Waals surface area (Å²) in [4.78, 5) is 12.5. The highest BCUT2D eigenvalue weighted by Crippen LogP contribution is 2.28. The van der Waals surface area contributed by atoms with Crippen LogP contribution in [0.1, 0.15) is 21.5 Å². The summed E-state index contributed by atoms with van der Waals surface area (Å²) < 4.78 is 17.6. The van der Waals surface area contributed by atoms with Crippen molar-refractivity contribution < 1.29 is 19.0 Å². The molecule has 8 heteroatoms. The standard InChI is InChI=1S/C25H22BrClN2O4/c1-3-12-32-23-10-8-17(14-24(23)31-2)25(30)29-28-15-19-13-20(26)9-11-22(19)33-16-18-6-4-5-7-21(18)27/h3-11,13-15H,1,12,16H2,2H3,(H,29,30)/b28-15+. The highest BCUT2D eigenvalue weighted by molar-refractivity contribution is 9.10. The molecule has 0 saturated heterocycles. The van der Waals surface area contributed by atoms with E-state index in [1.165, 1.54) is 13.3 Å². The van der Waals surface area contributed by atoms with Crippen LogP contribution in [0.15, 0.2) is 82.9 Å². The van der Waals surface area contributed by atoms with Crippen molar-refractivity contribution in [3.63, 3.8) is 0 Å². The van der Waals surface area contributed by atoms with Gasteiger partial charge in [0.1, 0.15) is 19.0 Å². The molecule has 6 nitrogen and oxygen atoms in total. The highest BCUT2D eigenvalue weighted by Gasteiger charge is 2.11. The lowest BCUT2D eigenvalue weighted by molar-refractivity contribution is 0.0954. The van der Waals surface area contributed by atoms with E-state index < -0.39 is 5.91 Å². The number of rotatable bonds is 10. The fourth-order valence-corrected chi connectivity index (χ4v) is 3.39. The molecule has 3 aromatic rings. The van der Waals surface area contributed by atoms with E-state index in [1.807, 2.05) is 42.5 Å². The largest absolute Gasteiger partial charge is 0.493 e. The van der Waals surface area contributed by atoms with E-state index in [-0.39, 0.29) is 0 Å². The molecule has 0 saturated carbocycles. The Bertz CT molecular complexity index is 1170. The molecule has 3 aromatic carbocycles. The minimum atomic E-state index is -0.395. The minimum Gasteiger partial charge on any atom is -0.493 e. The molecule has 1 N–H and O–H groups in total. The van der Waals surface area contributed by atoms with Gasteiger partial charge in [0.05, 0.1) is 13.3 Å². The molecule has 33 heavy (non-hydrogen) atoms. The van der Waals surface area contributed by atoms with Crippen molar-refractivity contribution in [2.45, 2.75) is 6.61 Å². The van der Waals surface area contributed by atoms with Gasteiger partial charge in [-0.2, -0.15) is 5.10 Å². The molecule has 0 fully saturated rings. The maximum Gasteiger partial charge on any atom is 0.271 e. The molecule has 0 atom stereocenters. The Morgan fingerprint density at radius 3 is 2.64 bits per heavy atom. The number of benzene rings is 3. The number of hydrogen-bond acceptors (Lipinski definition) is 5. The first-order valence-electron chi connectivity index (χ1n) is 9.92. The number of amides is 1.